The molecule has 0 aliphatic carbocycles. The molecule has 3 rings (SSSR count). The first-order valence-electron chi connectivity index (χ1n) is 7.34. The van der Waals surface area contributed by atoms with Crippen LogP contribution in [0.5, 0.6) is 5.75 Å². The molecule has 6 heteroatoms. The van der Waals surface area contributed by atoms with Crippen molar-refractivity contribution in [3.8, 4) is 5.75 Å². The fraction of sp³-hybridized carbons (Fsp3) is 0.0556. The zero-order valence-corrected chi connectivity index (χ0v) is 13.1. The van der Waals surface area contributed by atoms with Crippen LogP contribution >= 0.6 is 0 Å². The van der Waals surface area contributed by atoms with E-state index in [0.717, 1.165) is 22.3 Å². The summed E-state index contributed by atoms with van der Waals surface area (Å²) in [5.41, 5.74) is 5.55. The summed E-state index contributed by atoms with van der Waals surface area (Å²) in [5.74, 6) is 0.493. The van der Waals surface area contributed by atoms with E-state index >= 15 is 0 Å². The van der Waals surface area contributed by atoms with Crippen LogP contribution in [-0.2, 0) is 0 Å². The molecule has 24 heavy (non-hydrogen) atoms. The maximum absolute atomic E-state index is 12.0. The number of hydrogen-bond donors (Lipinski definition) is 2. The topological polar surface area (TPSA) is 79.4 Å². The van der Waals surface area contributed by atoms with Crippen molar-refractivity contribution in [3.63, 3.8) is 0 Å². The molecule has 1 heterocycles. The van der Waals surface area contributed by atoms with Crippen LogP contribution in [0.1, 0.15) is 15.9 Å². The Balaban J connectivity index is 1.61. The van der Waals surface area contributed by atoms with E-state index in [4.69, 9.17) is 4.74 Å². The van der Waals surface area contributed by atoms with Gasteiger partial charge in [0.25, 0.3) is 5.91 Å². The van der Waals surface area contributed by atoms with Gasteiger partial charge in [-0.2, -0.15) is 5.10 Å². The normalized spacial score (nSPS) is 11.4. The third kappa shape index (κ3) is 3.49. The molecule has 120 valence electrons. The van der Waals surface area contributed by atoms with Gasteiger partial charge >= 0.3 is 0 Å². The van der Waals surface area contributed by atoms with Crippen molar-refractivity contribution in [3.05, 3.63) is 66.0 Å². The van der Waals surface area contributed by atoms with Gasteiger partial charge in [0.2, 0.25) is 0 Å². The summed E-state index contributed by atoms with van der Waals surface area (Å²) in [7, 11) is 1.62. The summed E-state index contributed by atoms with van der Waals surface area (Å²) in [6, 6.07) is 12.9. The maximum Gasteiger partial charge on any atom is 0.271 e. The lowest BCUT2D eigenvalue weighted by atomic mass is 10.2. The van der Waals surface area contributed by atoms with Crippen LogP contribution in [0, 0.1) is 0 Å². The Morgan fingerprint density at radius 3 is 3.04 bits per heavy atom. The van der Waals surface area contributed by atoms with Crippen molar-refractivity contribution >= 4 is 29.2 Å². The van der Waals surface area contributed by atoms with Gasteiger partial charge in [-0.05, 0) is 36.4 Å². The Labute approximate surface area is 138 Å². The predicted molar refractivity (Wildman–Crippen MR) is 94.1 cm³/mol. The van der Waals surface area contributed by atoms with Crippen LogP contribution in [0.3, 0.4) is 0 Å². The highest BCUT2D eigenvalue weighted by molar-refractivity contribution is 5.97. The number of aromatic amines is 1. The minimum atomic E-state index is -0.284. The number of imidazole rings is 1. The number of ether oxygens (including phenoxy) is 1. The van der Waals surface area contributed by atoms with Crippen LogP contribution in [-0.4, -0.2) is 29.2 Å². The number of amides is 1. The number of para-hydroxylation sites is 1. The van der Waals surface area contributed by atoms with E-state index in [1.807, 2.05) is 30.3 Å². The second-order valence-electron chi connectivity index (χ2n) is 4.95. The molecule has 0 fully saturated rings. The molecule has 0 aliphatic heterocycles. The first kappa shape index (κ1) is 15.5. The SMILES string of the molecule is COc1ccccc1/C=C/C=N\NC(=O)c1ccc2nc[nH]c2c1. The van der Waals surface area contributed by atoms with E-state index < -0.39 is 0 Å². The van der Waals surface area contributed by atoms with Gasteiger partial charge in [0.15, 0.2) is 0 Å². The number of allylic oxidation sites excluding steroid dienone is 1. The average molecular weight is 320 g/mol. The van der Waals surface area contributed by atoms with E-state index in [1.54, 1.807) is 37.7 Å². The first-order chi connectivity index (χ1) is 11.8. The Bertz CT molecular complexity index is 912. The van der Waals surface area contributed by atoms with Gasteiger partial charge in [0.1, 0.15) is 5.75 Å². The van der Waals surface area contributed by atoms with Crippen LogP contribution in [0.2, 0.25) is 0 Å². The van der Waals surface area contributed by atoms with Crippen molar-refractivity contribution in [1.29, 1.82) is 0 Å². The van der Waals surface area contributed by atoms with Crippen molar-refractivity contribution < 1.29 is 9.53 Å². The molecule has 1 aromatic heterocycles. The third-order valence-corrected chi connectivity index (χ3v) is 3.42. The van der Waals surface area contributed by atoms with Gasteiger partial charge in [0, 0.05) is 17.3 Å². The molecule has 0 unspecified atom stereocenters. The number of aromatic nitrogens is 2. The lowest BCUT2D eigenvalue weighted by Crippen LogP contribution is -2.17. The van der Waals surface area contributed by atoms with Crippen molar-refractivity contribution in [2.24, 2.45) is 5.10 Å². The molecule has 0 bridgehead atoms. The van der Waals surface area contributed by atoms with Crippen molar-refractivity contribution in [2.75, 3.05) is 7.11 Å². The zero-order valence-electron chi connectivity index (χ0n) is 13.1. The molecule has 2 N–H and O–H groups in total. The quantitative estimate of drug-likeness (QED) is 0.560. The van der Waals surface area contributed by atoms with Gasteiger partial charge in [-0.3, -0.25) is 4.79 Å². The van der Waals surface area contributed by atoms with Crippen molar-refractivity contribution in [1.82, 2.24) is 15.4 Å². The van der Waals surface area contributed by atoms with E-state index in [9.17, 15) is 4.79 Å². The number of nitrogens with one attached hydrogen (secondary N) is 2. The second-order valence-corrected chi connectivity index (χ2v) is 4.95. The molecule has 1 amide bonds. The Kier molecular flexibility index (Phi) is 4.67. The number of rotatable bonds is 5. The molecule has 0 atom stereocenters. The summed E-state index contributed by atoms with van der Waals surface area (Å²) >= 11 is 0. The Hall–Kier alpha value is -3.41. The van der Waals surface area contributed by atoms with Crippen LogP contribution in [0.4, 0.5) is 0 Å². The summed E-state index contributed by atoms with van der Waals surface area (Å²) in [5, 5.41) is 3.91. The number of H-pyrrole nitrogens is 1. The summed E-state index contributed by atoms with van der Waals surface area (Å²) in [6.45, 7) is 0. The predicted octanol–water partition coefficient (Wildman–Crippen LogP) is 3.00. The molecular weight excluding hydrogens is 304 g/mol. The highest BCUT2D eigenvalue weighted by atomic mass is 16.5. The minimum absolute atomic E-state index is 0.284. The fourth-order valence-electron chi connectivity index (χ4n) is 2.23. The third-order valence-electron chi connectivity index (χ3n) is 3.42. The van der Waals surface area contributed by atoms with Gasteiger partial charge in [0.05, 0.1) is 24.5 Å². The molecule has 2 aromatic carbocycles. The number of nitrogens with zero attached hydrogens (tertiary/aromatic N) is 2. The molecular formula is C18H16N4O2. The second kappa shape index (κ2) is 7.23. The zero-order chi connectivity index (χ0) is 16.8. The van der Waals surface area contributed by atoms with Gasteiger partial charge < -0.3 is 9.72 Å². The molecule has 0 spiro atoms. The highest BCUT2D eigenvalue weighted by Crippen LogP contribution is 2.18. The van der Waals surface area contributed by atoms with Gasteiger partial charge in [-0.1, -0.05) is 18.2 Å². The van der Waals surface area contributed by atoms with E-state index in [2.05, 4.69) is 20.5 Å². The number of hydrogen-bond acceptors (Lipinski definition) is 4. The van der Waals surface area contributed by atoms with Crippen LogP contribution in [0.25, 0.3) is 17.1 Å². The number of fused-ring (bicyclic) bond motifs is 1. The molecule has 0 saturated carbocycles. The lowest BCUT2D eigenvalue weighted by molar-refractivity contribution is 0.0955. The lowest BCUT2D eigenvalue weighted by Gasteiger charge is -2.02. The molecule has 0 radical (unpaired) electrons. The van der Waals surface area contributed by atoms with E-state index in [0.29, 0.717) is 5.56 Å². The van der Waals surface area contributed by atoms with E-state index in [-0.39, 0.29) is 5.91 Å². The van der Waals surface area contributed by atoms with Crippen LogP contribution < -0.4 is 10.2 Å². The Morgan fingerprint density at radius 1 is 1.29 bits per heavy atom. The number of carbonyl (C=O) groups is 1. The summed E-state index contributed by atoms with van der Waals surface area (Å²) in [4.78, 5) is 19.1. The minimum Gasteiger partial charge on any atom is -0.496 e. The standard InChI is InChI=1S/C18H16N4O2/c1-24-17-7-3-2-5-13(17)6-4-10-21-22-18(23)14-8-9-15-16(11-14)20-12-19-15/h2-12H,1H3,(H,19,20)(H,22,23)/b6-4+,21-10-. The first-order valence-corrected chi connectivity index (χ1v) is 7.34. The largest absolute Gasteiger partial charge is 0.496 e. The molecule has 3 aromatic rings. The van der Waals surface area contributed by atoms with Crippen molar-refractivity contribution in [2.45, 2.75) is 0 Å². The monoisotopic (exact) mass is 320 g/mol. The van der Waals surface area contributed by atoms with E-state index in [1.165, 1.54) is 6.21 Å². The summed E-state index contributed by atoms with van der Waals surface area (Å²) < 4.78 is 5.25. The fourth-order valence-corrected chi connectivity index (χ4v) is 2.23. The highest BCUT2D eigenvalue weighted by Gasteiger charge is 2.05. The van der Waals surface area contributed by atoms with Crippen LogP contribution in [0.15, 0.2) is 60.0 Å². The smallest absolute Gasteiger partial charge is 0.271 e. The summed E-state index contributed by atoms with van der Waals surface area (Å²) in [6.07, 6.45) is 6.69. The molecule has 6 nitrogen and oxygen atoms in total. The number of hydrazone groups is 1. The maximum atomic E-state index is 12.0. The Morgan fingerprint density at radius 2 is 2.17 bits per heavy atom. The number of methoxy groups -OCH3 is 1. The van der Waals surface area contributed by atoms with Gasteiger partial charge in [-0.15, -0.1) is 0 Å². The van der Waals surface area contributed by atoms with Gasteiger partial charge in [-0.25, -0.2) is 10.4 Å². The molecule has 0 saturated heterocycles. The number of benzene rings is 2. The molecule has 0 aliphatic rings. The average Bonchev–Trinajstić information content (AvgIpc) is 3.09. The number of carbonyl (C=O) groups excluding carboxylic acids is 1.